The predicted octanol–water partition coefficient (Wildman–Crippen LogP) is 3.06. The number of benzene rings is 2. The second-order valence-corrected chi connectivity index (χ2v) is 6.95. The van der Waals surface area contributed by atoms with E-state index >= 15 is 0 Å². The molecule has 0 aromatic heterocycles. The number of rotatable bonds is 4. The van der Waals surface area contributed by atoms with Crippen LogP contribution >= 0.6 is 0 Å². The van der Waals surface area contributed by atoms with Crippen molar-refractivity contribution in [3.8, 4) is 5.75 Å². The molecule has 0 unspecified atom stereocenters. The maximum atomic E-state index is 12.8. The van der Waals surface area contributed by atoms with Crippen LogP contribution < -0.4 is 4.74 Å². The summed E-state index contributed by atoms with van der Waals surface area (Å²) in [6, 6.07) is 15.3. The van der Waals surface area contributed by atoms with E-state index in [0.717, 1.165) is 23.1 Å². The molecule has 5 heteroatoms. The van der Waals surface area contributed by atoms with Crippen LogP contribution in [0.5, 0.6) is 5.75 Å². The van der Waals surface area contributed by atoms with E-state index in [1.807, 2.05) is 67.3 Å². The van der Waals surface area contributed by atoms with Crippen molar-refractivity contribution < 1.29 is 14.3 Å². The van der Waals surface area contributed by atoms with Gasteiger partial charge in [-0.25, -0.2) is 0 Å². The minimum Gasteiger partial charge on any atom is -0.484 e. The smallest absolute Gasteiger partial charge is 0.260 e. The summed E-state index contributed by atoms with van der Waals surface area (Å²) in [7, 11) is 0. The zero-order chi connectivity index (χ0) is 19.2. The summed E-state index contributed by atoms with van der Waals surface area (Å²) in [4.78, 5) is 28.9. The summed E-state index contributed by atoms with van der Waals surface area (Å²) in [5.41, 5.74) is 2.81. The highest BCUT2D eigenvalue weighted by Crippen LogP contribution is 2.15. The number of amides is 2. The third kappa shape index (κ3) is 4.88. The summed E-state index contributed by atoms with van der Waals surface area (Å²) in [5, 5.41) is 0. The number of ether oxygens (including phenoxy) is 1. The normalized spacial score (nSPS) is 14.6. The Kier molecular flexibility index (Phi) is 6.12. The monoisotopic (exact) mass is 366 g/mol. The van der Waals surface area contributed by atoms with E-state index in [9.17, 15) is 9.59 Å². The molecule has 1 saturated heterocycles. The number of aryl methyl sites for hydroxylation is 2. The van der Waals surface area contributed by atoms with E-state index in [-0.39, 0.29) is 18.4 Å². The summed E-state index contributed by atoms with van der Waals surface area (Å²) in [6.45, 7) is 6.35. The maximum absolute atomic E-state index is 12.8. The largest absolute Gasteiger partial charge is 0.484 e. The lowest BCUT2D eigenvalue weighted by atomic mass is 10.1. The first kappa shape index (κ1) is 19.0. The Bertz CT molecular complexity index is 819. The van der Waals surface area contributed by atoms with E-state index in [0.29, 0.717) is 31.9 Å². The van der Waals surface area contributed by atoms with Crippen LogP contribution in [0.3, 0.4) is 0 Å². The lowest BCUT2D eigenvalue weighted by Crippen LogP contribution is -2.39. The average Bonchev–Trinajstić information content (AvgIpc) is 2.92. The highest BCUT2D eigenvalue weighted by Gasteiger charge is 2.23. The number of hydrogen-bond donors (Lipinski definition) is 0. The van der Waals surface area contributed by atoms with Gasteiger partial charge in [0, 0.05) is 31.7 Å². The lowest BCUT2D eigenvalue weighted by molar-refractivity contribution is -0.133. The molecule has 0 N–H and O–H groups in total. The van der Waals surface area contributed by atoms with Crippen molar-refractivity contribution in [2.75, 3.05) is 32.8 Å². The van der Waals surface area contributed by atoms with Crippen molar-refractivity contribution in [2.24, 2.45) is 0 Å². The van der Waals surface area contributed by atoms with Crippen molar-refractivity contribution in [2.45, 2.75) is 20.3 Å². The maximum Gasteiger partial charge on any atom is 0.260 e. The van der Waals surface area contributed by atoms with Crippen molar-refractivity contribution in [3.05, 3.63) is 65.2 Å². The number of carbonyl (C=O) groups excluding carboxylic acids is 2. The Morgan fingerprint density at radius 2 is 1.67 bits per heavy atom. The molecule has 2 aromatic carbocycles. The summed E-state index contributed by atoms with van der Waals surface area (Å²) in [6.07, 6.45) is 0.772. The van der Waals surface area contributed by atoms with Crippen molar-refractivity contribution in [1.82, 2.24) is 9.80 Å². The molecule has 0 radical (unpaired) electrons. The van der Waals surface area contributed by atoms with Crippen LogP contribution in [-0.4, -0.2) is 54.4 Å². The minimum absolute atomic E-state index is 0.0230. The molecule has 1 aliphatic rings. The Labute approximate surface area is 160 Å². The molecule has 0 bridgehead atoms. The van der Waals surface area contributed by atoms with Gasteiger partial charge >= 0.3 is 0 Å². The molecule has 142 valence electrons. The predicted molar refractivity (Wildman–Crippen MR) is 105 cm³/mol. The molecule has 0 saturated carbocycles. The standard InChI is InChI=1S/C22H26N2O3/c1-17-7-5-9-19(15-17)27-16-21(25)23-11-6-12-24(14-13-23)22(26)20-10-4-3-8-18(20)2/h3-5,7-10,15H,6,11-14,16H2,1-2H3. The van der Waals surface area contributed by atoms with E-state index in [1.165, 1.54) is 0 Å². The van der Waals surface area contributed by atoms with E-state index < -0.39 is 0 Å². The van der Waals surface area contributed by atoms with Crippen LogP contribution in [0, 0.1) is 13.8 Å². The second kappa shape index (κ2) is 8.71. The van der Waals surface area contributed by atoms with Gasteiger partial charge in [-0.2, -0.15) is 0 Å². The molecule has 0 aliphatic carbocycles. The average molecular weight is 366 g/mol. The first-order valence-corrected chi connectivity index (χ1v) is 9.37. The van der Waals surface area contributed by atoms with Crippen molar-refractivity contribution >= 4 is 11.8 Å². The van der Waals surface area contributed by atoms with Gasteiger partial charge in [-0.15, -0.1) is 0 Å². The third-order valence-electron chi connectivity index (χ3n) is 4.86. The van der Waals surface area contributed by atoms with Gasteiger partial charge in [0.2, 0.25) is 0 Å². The van der Waals surface area contributed by atoms with Crippen LogP contribution in [-0.2, 0) is 4.79 Å². The van der Waals surface area contributed by atoms with Crippen molar-refractivity contribution in [1.29, 1.82) is 0 Å². The fourth-order valence-corrected chi connectivity index (χ4v) is 3.29. The molecule has 1 fully saturated rings. The zero-order valence-electron chi connectivity index (χ0n) is 16.0. The van der Waals surface area contributed by atoms with E-state index in [2.05, 4.69) is 0 Å². The van der Waals surface area contributed by atoms with Crippen LogP contribution in [0.1, 0.15) is 27.9 Å². The quantitative estimate of drug-likeness (QED) is 0.836. The molecule has 0 atom stereocenters. The molecule has 27 heavy (non-hydrogen) atoms. The molecule has 0 spiro atoms. The van der Waals surface area contributed by atoms with Gasteiger partial charge in [-0.3, -0.25) is 9.59 Å². The molecule has 3 rings (SSSR count). The highest BCUT2D eigenvalue weighted by atomic mass is 16.5. The summed E-state index contributed by atoms with van der Waals surface area (Å²) in [5.74, 6) is 0.703. The first-order valence-electron chi connectivity index (χ1n) is 9.37. The van der Waals surface area contributed by atoms with E-state index in [1.54, 1.807) is 4.90 Å². The van der Waals surface area contributed by atoms with Crippen LogP contribution in [0.2, 0.25) is 0 Å². The number of carbonyl (C=O) groups is 2. The van der Waals surface area contributed by atoms with E-state index in [4.69, 9.17) is 4.74 Å². The van der Waals surface area contributed by atoms with Crippen LogP contribution in [0.4, 0.5) is 0 Å². The van der Waals surface area contributed by atoms with Crippen LogP contribution in [0.25, 0.3) is 0 Å². The molecule has 1 aliphatic heterocycles. The molecule has 5 nitrogen and oxygen atoms in total. The topological polar surface area (TPSA) is 49.9 Å². The summed E-state index contributed by atoms with van der Waals surface area (Å²) >= 11 is 0. The molecular weight excluding hydrogens is 340 g/mol. The SMILES string of the molecule is Cc1cccc(OCC(=O)N2CCCN(C(=O)c3ccccc3C)CC2)c1. The highest BCUT2D eigenvalue weighted by molar-refractivity contribution is 5.95. The van der Waals surface area contributed by atoms with Gasteiger partial charge in [0.25, 0.3) is 11.8 Å². The lowest BCUT2D eigenvalue weighted by Gasteiger charge is -2.23. The Balaban J connectivity index is 1.55. The molecular formula is C22H26N2O3. The van der Waals surface area contributed by atoms with Gasteiger partial charge in [0.15, 0.2) is 6.61 Å². The number of nitrogens with zero attached hydrogens (tertiary/aromatic N) is 2. The van der Waals surface area contributed by atoms with Crippen LogP contribution in [0.15, 0.2) is 48.5 Å². The minimum atomic E-state index is -0.0401. The zero-order valence-corrected chi connectivity index (χ0v) is 16.0. The summed E-state index contributed by atoms with van der Waals surface area (Å²) < 4.78 is 5.63. The van der Waals surface area contributed by atoms with Gasteiger partial charge < -0.3 is 14.5 Å². The Hall–Kier alpha value is -2.82. The van der Waals surface area contributed by atoms with Gasteiger partial charge in [0.05, 0.1) is 0 Å². The number of hydrogen-bond acceptors (Lipinski definition) is 3. The fourth-order valence-electron chi connectivity index (χ4n) is 3.29. The third-order valence-corrected chi connectivity index (χ3v) is 4.86. The molecule has 2 aromatic rings. The Morgan fingerprint density at radius 1 is 0.926 bits per heavy atom. The molecule has 2 amide bonds. The second-order valence-electron chi connectivity index (χ2n) is 6.95. The molecule has 1 heterocycles. The first-order chi connectivity index (χ1) is 13.0. The van der Waals surface area contributed by atoms with Crippen molar-refractivity contribution in [3.63, 3.8) is 0 Å². The van der Waals surface area contributed by atoms with Gasteiger partial charge in [0.1, 0.15) is 5.75 Å². The Morgan fingerprint density at radius 3 is 2.44 bits per heavy atom. The fraction of sp³-hybridized carbons (Fsp3) is 0.364. The van der Waals surface area contributed by atoms with Gasteiger partial charge in [-0.1, -0.05) is 30.3 Å². The van der Waals surface area contributed by atoms with Gasteiger partial charge in [-0.05, 0) is 49.6 Å².